The first-order valence-electron chi connectivity index (χ1n) is 10.8. The van der Waals surface area contributed by atoms with Crippen LogP contribution in [-0.4, -0.2) is 29.0 Å². The van der Waals surface area contributed by atoms with Crippen LogP contribution in [0.1, 0.15) is 61.6 Å². The van der Waals surface area contributed by atoms with E-state index < -0.39 is 0 Å². The fourth-order valence-electron chi connectivity index (χ4n) is 4.10. The van der Waals surface area contributed by atoms with Gasteiger partial charge < -0.3 is 4.90 Å². The van der Waals surface area contributed by atoms with Gasteiger partial charge in [0.15, 0.2) is 0 Å². The molecule has 2 heterocycles. The van der Waals surface area contributed by atoms with Gasteiger partial charge in [0.25, 0.3) is 0 Å². The monoisotopic (exact) mass is 403 g/mol. The van der Waals surface area contributed by atoms with Crippen molar-refractivity contribution in [3.05, 3.63) is 77.0 Å². The van der Waals surface area contributed by atoms with Crippen molar-refractivity contribution in [2.24, 2.45) is 0 Å². The maximum Gasteiger partial charge on any atom is 0.326 e. The van der Waals surface area contributed by atoms with Crippen LogP contribution < -0.4 is 4.90 Å². The van der Waals surface area contributed by atoms with Crippen LogP contribution in [0.4, 0.5) is 10.6 Å². The summed E-state index contributed by atoms with van der Waals surface area (Å²) in [6.07, 6.45) is 4.70. The van der Waals surface area contributed by atoms with Crippen LogP contribution in [-0.2, 0) is 13.0 Å². The number of amides is 2. The summed E-state index contributed by atoms with van der Waals surface area (Å²) in [5.74, 6) is 1.16. The molecule has 0 N–H and O–H groups in total. The highest BCUT2D eigenvalue weighted by Gasteiger charge is 2.31. The average Bonchev–Trinajstić information content (AvgIpc) is 3.10. The molecule has 0 radical (unpaired) electrons. The minimum Gasteiger partial charge on any atom is -0.318 e. The van der Waals surface area contributed by atoms with E-state index in [1.165, 1.54) is 16.7 Å². The summed E-state index contributed by atoms with van der Waals surface area (Å²) < 4.78 is 0. The molecule has 1 aliphatic rings. The van der Waals surface area contributed by atoms with Gasteiger partial charge in [-0.2, -0.15) is 0 Å². The molecule has 0 atom stereocenters. The zero-order chi connectivity index (χ0) is 21.8. The van der Waals surface area contributed by atoms with Gasteiger partial charge in [0.2, 0.25) is 0 Å². The van der Waals surface area contributed by atoms with Crippen LogP contribution in [0.5, 0.6) is 0 Å². The van der Waals surface area contributed by atoms with E-state index in [4.69, 9.17) is 4.98 Å². The minimum atomic E-state index is 0.0301. The number of aryl methyl sites for hydroxylation is 2. The van der Waals surface area contributed by atoms with Crippen LogP contribution in [0.3, 0.4) is 0 Å². The standard InChI is InChI=1S/C26H33N3O/c1-7-20(8-2)22-12-13-25(27-24(22)9-3)29-15-14-28(26(29)30)17-21-11-10-19(6)16-23(21)18(4)5/h7-8,10-13,16,18H,1,9,14-15,17H2,2-6H3/b20-8+. The summed E-state index contributed by atoms with van der Waals surface area (Å²) >= 11 is 0. The summed E-state index contributed by atoms with van der Waals surface area (Å²) in [5, 5.41) is 0. The first kappa shape index (κ1) is 21.8. The van der Waals surface area contributed by atoms with E-state index in [0.29, 0.717) is 25.6 Å². The Bertz CT molecular complexity index is 974. The van der Waals surface area contributed by atoms with Gasteiger partial charge in [0, 0.05) is 25.2 Å². The van der Waals surface area contributed by atoms with Crippen molar-refractivity contribution in [3.63, 3.8) is 0 Å². The van der Waals surface area contributed by atoms with Crippen molar-refractivity contribution >= 4 is 17.4 Å². The van der Waals surface area contributed by atoms with Crippen LogP contribution in [0, 0.1) is 6.92 Å². The Morgan fingerprint density at radius 3 is 2.63 bits per heavy atom. The highest BCUT2D eigenvalue weighted by molar-refractivity contribution is 5.93. The zero-order valence-corrected chi connectivity index (χ0v) is 18.9. The summed E-state index contributed by atoms with van der Waals surface area (Å²) in [6.45, 7) is 16.5. The number of allylic oxidation sites excluding steroid dienone is 3. The zero-order valence-electron chi connectivity index (χ0n) is 18.9. The number of nitrogens with zero attached hydrogens (tertiary/aromatic N) is 3. The van der Waals surface area contributed by atoms with Crippen LogP contribution in [0.2, 0.25) is 0 Å². The maximum absolute atomic E-state index is 13.2. The van der Waals surface area contributed by atoms with E-state index in [0.717, 1.165) is 29.1 Å². The molecule has 2 aromatic rings. The number of benzene rings is 1. The third-order valence-corrected chi connectivity index (χ3v) is 5.79. The Morgan fingerprint density at radius 1 is 1.23 bits per heavy atom. The lowest BCUT2D eigenvalue weighted by Gasteiger charge is -2.21. The SMILES string of the molecule is C=C/C(=C\C)c1ccc(N2CCN(Cc3ccc(C)cc3C(C)C)C2=O)nc1CC. The Kier molecular flexibility index (Phi) is 6.76. The molecule has 158 valence electrons. The van der Waals surface area contributed by atoms with Crippen molar-refractivity contribution in [2.45, 2.75) is 53.5 Å². The molecule has 4 nitrogen and oxygen atoms in total. The van der Waals surface area contributed by atoms with Crippen molar-refractivity contribution in [1.82, 2.24) is 9.88 Å². The van der Waals surface area contributed by atoms with E-state index in [-0.39, 0.29) is 6.03 Å². The molecular weight excluding hydrogens is 370 g/mol. The molecule has 1 aliphatic heterocycles. The van der Waals surface area contributed by atoms with E-state index in [2.05, 4.69) is 58.5 Å². The Hall–Kier alpha value is -2.88. The Balaban J connectivity index is 1.83. The van der Waals surface area contributed by atoms with Crippen LogP contribution in [0.15, 0.2) is 49.1 Å². The number of anilines is 1. The summed E-state index contributed by atoms with van der Waals surface area (Å²) in [6, 6.07) is 10.6. The maximum atomic E-state index is 13.2. The van der Waals surface area contributed by atoms with E-state index in [1.807, 2.05) is 30.0 Å². The van der Waals surface area contributed by atoms with E-state index in [1.54, 1.807) is 4.90 Å². The summed E-state index contributed by atoms with van der Waals surface area (Å²) in [7, 11) is 0. The Labute approximate surface area is 180 Å². The third kappa shape index (κ3) is 4.33. The molecule has 0 aliphatic carbocycles. The van der Waals surface area contributed by atoms with Gasteiger partial charge in [0.1, 0.15) is 5.82 Å². The molecule has 1 aromatic heterocycles. The molecule has 1 saturated heterocycles. The molecule has 0 unspecified atom stereocenters. The second-order valence-corrected chi connectivity index (χ2v) is 8.18. The van der Waals surface area contributed by atoms with Gasteiger partial charge in [-0.15, -0.1) is 0 Å². The fraction of sp³-hybridized carbons (Fsp3) is 0.385. The molecule has 1 aromatic carbocycles. The van der Waals surface area contributed by atoms with Crippen LogP contribution >= 0.6 is 0 Å². The molecule has 1 fully saturated rings. The third-order valence-electron chi connectivity index (χ3n) is 5.79. The number of rotatable bonds is 7. The smallest absolute Gasteiger partial charge is 0.318 e. The minimum absolute atomic E-state index is 0.0301. The number of carbonyl (C=O) groups excluding carboxylic acids is 1. The molecule has 30 heavy (non-hydrogen) atoms. The molecule has 3 rings (SSSR count). The number of urea groups is 1. The summed E-state index contributed by atoms with van der Waals surface area (Å²) in [4.78, 5) is 21.7. The number of hydrogen-bond donors (Lipinski definition) is 0. The molecule has 0 spiro atoms. The first-order chi connectivity index (χ1) is 14.4. The number of pyridine rings is 1. The number of hydrogen-bond acceptors (Lipinski definition) is 2. The molecule has 0 bridgehead atoms. The quantitative estimate of drug-likeness (QED) is 0.523. The fourth-order valence-corrected chi connectivity index (χ4v) is 4.10. The second-order valence-electron chi connectivity index (χ2n) is 8.18. The molecule has 0 saturated carbocycles. The lowest BCUT2D eigenvalue weighted by molar-refractivity contribution is 0.218. The van der Waals surface area contributed by atoms with Gasteiger partial charge in [-0.25, -0.2) is 9.78 Å². The predicted molar refractivity (Wildman–Crippen MR) is 126 cm³/mol. The Morgan fingerprint density at radius 2 is 2.00 bits per heavy atom. The van der Waals surface area contributed by atoms with Gasteiger partial charge in [0.05, 0.1) is 5.69 Å². The van der Waals surface area contributed by atoms with Gasteiger partial charge in [-0.1, -0.05) is 63.3 Å². The highest BCUT2D eigenvalue weighted by Crippen LogP contribution is 2.27. The topological polar surface area (TPSA) is 36.4 Å². The normalized spacial score (nSPS) is 14.7. The largest absolute Gasteiger partial charge is 0.326 e. The van der Waals surface area contributed by atoms with E-state index in [9.17, 15) is 4.79 Å². The van der Waals surface area contributed by atoms with Crippen molar-refractivity contribution in [3.8, 4) is 0 Å². The lowest BCUT2D eigenvalue weighted by atomic mass is 9.95. The predicted octanol–water partition coefficient (Wildman–Crippen LogP) is 6.11. The number of carbonyl (C=O) groups is 1. The van der Waals surface area contributed by atoms with Gasteiger partial charge in [-0.3, -0.25) is 4.90 Å². The number of aromatic nitrogens is 1. The first-order valence-corrected chi connectivity index (χ1v) is 10.8. The van der Waals surface area contributed by atoms with Crippen LogP contribution in [0.25, 0.3) is 5.57 Å². The molecule has 4 heteroatoms. The van der Waals surface area contributed by atoms with Crippen molar-refractivity contribution in [1.29, 1.82) is 0 Å². The highest BCUT2D eigenvalue weighted by atomic mass is 16.2. The molecular formula is C26H33N3O. The second kappa shape index (κ2) is 9.29. The average molecular weight is 404 g/mol. The van der Waals surface area contributed by atoms with Gasteiger partial charge >= 0.3 is 6.03 Å². The summed E-state index contributed by atoms with van der Waals surface area (Å²) in [5.41, 5.74) is 6.96. The molecule has 2 amide bonds. The van der Waals surface area contributed by atoms with Crippen molar-refractivity contribution in [2.75, 3.05) is 18.0 Å². The van der Waals surface area contributed by atoms with E-state index >= 15 is 0 Å². The van der Waals surface area contributed by atoms with Gasteiger partial charge in [-0.05, 0) is 55.0 Å². The van der Waals surface area contributed by atoms with Crippen molar-refractivity contribution < 1.29 is 4.79 Å². The lowest BCUT2D eigenvalue weighted by Crippen LogP contribution is -2.32.